The third-order valence-electron chi connectivity index (χ3n) is 3.29. The van der Waals surface area contributed by atoms with Crippen LogP contribution in [0, 0.1) is 0 Å². The Morgan fingerprint density at radius 2 is 1.96 bits per heavy atom. The van der Waals surface area contributed by atoms with Gasteiger partial charge in [0.15, 0.2) is 0 Å². The van der Waals surface area contributed by atoms with Crippen molar-refractivity contribution < 1.29 is 13.2 Å². The molecule has 0 aliphatic carbocycles. The molecule has 3 rings (SSSR count). The molecule has 0 saturated carbocycles. The second kappa shape index (κ2) is 8.05. The molecule has 0 aliphatic heterocycles. The highest BCUT2D eigenvalue weighted by atomic mass is 35.5. The van der Waals surface area contributed by atoms with Crippen LogP contribution < -0.4 is 10.5 Å². The molecule has 12 heteroatoms. The van der Waals surface area contributed by atoms with Gasteiger partial charge in [-0.3, -0.25) is 4.79 Å². The van der Waals surface area contributed by atoms with Gasteiger partial charge in [0.1, 0.15) is 0 Å². The monoisotopic (exact) mass is 424 g/mol. The lowest BCUT2D eigenvalue weighted by molar-refractivity contribution is -0.113. The third-order valence-corrected chi connectivity index (χ3v) is 5.38. The number of sulfonamides is 1. The Balaban J connectivity index is 1.63. The lowest BCUT2D eigenvalue weighted by atomic mass is 10.3. The van der Waals surface area contributed by atoms with Gasteiger partial charge in [0.2, 0.25) is 21.1 Å². The molecule has 3 aromatic rings. The number of nitrogens with two attached hydrogens (primary N) is 1. The van der Waals surface area contributed by atoms with E-state index in [1.165, 1.54) is 28.9 Å². The summed E-state index contributed by atoms with van der Waals surface area (Å²) in [5, 5.41) is 20.1. The second-order valence-electron chi connectivity index (χ2n) is 5.26. The van der Waals surface area contributed by atoms with Crippen molar-refractivity contribution in [2.24, 2.45) is 5.14 Å². The van der Waals surface area contributed by atoms with Gasteiger partial charge in [0, 0.05) is 10.7 Å². The number of benzene rings is 2. The molecule has 27 heavy (non-hydrogen) atoms. The van der Waals surface area contributed by atoms with E-state index in [-0.39, 0.29) is 16.6 Å². The minimum atomic E-state index is -3.77. The largest absolute Gasteiger partial charge is 0.325 e. The molecule has 1 aromatic heterocycles. The normalized spacial score (nSPS) is 11.3. The quantitative estimate of drug-likeness (QED) is 0.575. The number of tetrazole rings is 1. The van der Waals surface area contributed by atoms with E-state index in [1.54, 1.807) is 24.3 Å². The Hall–Kier alpha value is -2.47. The lowest BCUT2D eigenvalue weighted by Gasteiger charge is -2.06. The number of halogens is 1. The van der Waals surface area contributed by atoms with Crippen molar-refractivity contribution in [1.82, 2.24) is 20.2 Å². The SMILES string of the molecule is NS(=O)(=O)c1ccc(NC(=O)CSc2nnnn2-c2cccc(Cl)c2)cc1. The van der Waals surface area contributed by atoms with Crippen LogP contribution in [0.25, 0.3) is 5.69 Å². The number of rotatable bonds is 6. The highest BCUT2D eigenvalue weighted by Gasteiger charge is 2.13. The fraction of sp³-hybridized carbons (Fsp3) is 0.0667. The summed E-state index contributed by atoms with van der Waals surface area (Å²) in [5.74, 6) is -0.248. The summed E-state index contributed by atoms with van der Waals surface area (Å²) in [6.07, 6.45) is 0. The zero-order chi connectivity index (χ0) is 19.4. The van der Waals surface area contributed by atoms with Gasteiger partial charge >= 0.3 is 0 Å². The number of anilines is 1. The topological polar surface area (TPSA) is 133 Å². The summed E-state index contributed by atoms with van der Waals surface area (Å²) < 4.78 is 23.9. The van der Waals surface area contributed by atoms with Crippen molar-refractivity contribution in [1.29, 1.82) is 0 Å². The van der Waals surface area contributed by atoms with Crippen molar-refractivity contribution >= 4 is 45.0 Å². The molecule has 1 heterocycles. The summed E-state index contributed by atoms with van der Waals surface area (Å²) in [7, 11) is -3.77. The Kier molecular flexibility index (Phi) is 5.75. The van der Waals surface area contributed by atoms with Crippen LogP contribution in [0.4, 0.5) is 5.69 Å². The predicted octanol–water partition coefficient (Wildman–Crippen LogP) is 1.69. The highest BCUT2D eigenvalue weighted by Crippen LogP contribution is 2.21. The molecule has 2 aromatic carbocycles. The van der Waals surface area contributed by atoms with Crippen molar-refractivity contribution in [2.75, 3.05) is 11.1 Å². The average Bonchev–Trinajstić information content (AvgIpc) is 3.08. The first-order chi connectivity index (χ1) is 12.8. The van der Waals surface area contributed by atoms with Crippen LogP contribution in [0.3, 0.4) is 0 Å². The van der Waals surface area contributed by atoms with Crippen LogP contribution in [0.2, 0.25) is 5.02 Å². The Morgan fingerprint density at radius 3 is 2.63 bits per heavy atom. The van der Waals surface area contributed by atoms with Gasteiger partial charge < -0.3 is 5.32 Å². The molecule has 3 N–H and O–H groups in total. The lowest BCUT2D eigenvalue weighted by Crippen LogP contribution is -2.15. The number of hydrogen-bond donors (Lipinski definition) is 2. The molecule has 0 radical (unpaired) electrons. The van der Waals surface area contributed by atoms with E-state index in [1.807, 2.05) is 0 Å². The van der Waals surface area contributed by atoms with Crippen molar-refractivity contribution in [3.05, 3.63) is 53.6 Å². The molecule has 0 unspecified atom stereocenters. The van der Waals surface area contributed by atoms with E-state index >= 15 is 0 Å². The summed E-state index contributed by atoms with van der Waals surface area (Å²) >= 11 is 7.12. The maximum absolute atomic E-state index is 12.1. The first kappa shape index (κ1) is 19.3. The van der Waals surface area contributed by atoms with E-state index < -0.39 is 10.0 Å². The first-order valence-electron chi connectivity index (χ1n) is 7.43. The van der Waals surface area contributed by atoms with Crippen molar-refractivity contribution in [2.45, 2.75) is 10.1 Å². The van der Waals surface area contributed by atoms with Gasteiger partial charge in [-0.05, 0) is 52.9 Å². The molecule has 0 aliphatic rings. The van der Waals surface area contributed by atoms with E-state index in [0.717, 1.165) is 11.8 Å². The zero-order valence-electron chi connectivity index (χ0n) is 13.6. The standard InChI is InChI=1S/C15H13ClN6O3S2/c16-10-2-1-3-12(8-10)22-15(19-20-21-22)26-9-14(23)18-11-4-6-13(7-5-11)27(17,24)25/h1-8H,9H2,(H,18,23)(H2,17,24,25). The van der Waals surface area contributed by atoms with E-state index in [4.69, 9.17) is 16.7 Å². The number of nitrogens with zero attached hydrogens (tertiary/aromatic N) is 4. The number of thioether (sulfide) groups is 1. The fourth-order valence-electron chi connectivity index (χ4n) is 2.09. The molecule has 0 atom stereocenters. The maximum atomic E-state index is 12.1. The number of hydrogen-bond acceptors (Lipinski definition) is 7. The average molecular weight is 425 g/mol. The van der Waals surface area contributed by atoms with Gasteiger partial charge in [-0.25, -0.2) is 13.6 Å². The number of carbonyl (C=O) groups is 1. The molecular weight excluding hydrogens is 412 g/mol. The van der Waals surface area contributed by atoms with Gasteiger partial charge in [-0.2, -0.15) is 4.68 Å². The van der Waals surface area contributed by atoms with Gasteiger partial charge in [-0.1, -0.05) is 29.4 Å². The van der Waals surface area contributed by atoms with Crippen LogP contribution in [-0.2, 0) is 14.8 Å². The maximum Gasteiger partial charge on any atom is 0.238 e. The molecule has 0 bridgehead atoms. The minimum Gasteiger partial charge on any atom is -0.325 e. The molecule has 0 saturated heterocycles. The summed E-state index contributed by atoms with van der Waals surface area (Å²) in [4.78, 5) is 12.1. The second-order valence-corrected chi connectivity index (χ2v) is 8.20. The molecule has 140 valence electrons. The van der Waals surface area contributed by atoms with Crippen molar-refractivity contribution in [3.8, 4) is 5.69 Å². The van der Waals surface area contributed by atoms with Crippen LogP contribution in [0.1, 0.15) is 0 Å². The Bertz CT molecular complexity index is 1070. The first-order valence-corrected chi connectivity index (χ1v) is 10.3. The number of aromatic nitrogens is 4. The number of carbonyl (C=O) groups excluding carboxylic acids is 1. The molecule has 0 fully saturated rings. The number of amides is 1. The van der Waals surface area contributed by atoms with Crippen molar-refractivity contribution in [3.63, 3.8) is 0 Å². The summed E-state index contributed by atoms with van der Waals surface area (Å²) in [6, 6.07) is 12.5. The van der Waals surface area contributed by atoms with E-state index in [0.29, 0.717) is 21.6 Å². The summed E-state index contributed by atoms with van der Waals surface area (Å²) in [5.41, 5.74) is 1.12. The van der Waals surface area contributed by atoms with E-state index in [9.17, 15) is 13.2 Å². The van der Waals surface area contributed by atoms with Crippen LogP contribution in [0.15, 0.2) is 58.6 Å². The minimum absolute atomic E-state index is 0.0319. The Labute approximate surface area is 163 Å². The predicted molar refractivity (Wildman–Crippen MR) is 101 cm³/mol. The van der Waals surface area contributed by atoms with Crippen LogP contribution >= 0.6 is 23.4 Å². The molecule has 9 nitrogen and oxygen atoms in total. The van der Waals surface area contributed by atoms with E-state index in [2.05, 4.69) is 20.8 Å². The highest BCUT2D eigenvalue weighted by molar-refractivity contribution is 7.99. The third kappa shape index (κ3) is 5.04. The molecule has 1 amide bonds. The zero-order valence-corrected chi connectivity index (χ0v) is 16.0. The fourth-order valence-corrected chi connectivity index (χ4v) is 3.48. The summed E-state index contributed by atoms with van der Waals surface area (Å²) in [6.45, 7) is 0. The van der Waals surface area contributed by atoms with Crippen LogP contribution in [0.5, 0.6) is 0 Å². The molecular formula is C15H13ClN6O3S2. The van der Waals surface area contributed by atoms with Gasteiger partial charge in [0.25, 0.3) is 0 Å². The van der Waals surface area contributed by atoms with Gasteiger partial charge in [0.05, 0.1) is 16.3 Å². The van der Waals surface area contributed by atoms with Crippen LogP contribution in [-0.4, -0.2) is 40.3 Å². The molecule has 0 spiro atoms. The van der Waals surface area contributed by atoms with Gasteiger partial charge in [-0.15, -0.1) is 5.10 Å². The number of primary sulfonamides is 1. The number of nitrogens with one attached hydrogen (secondary N) is 1. The Morgan fingerprint density at radius 1 is 1.22 bits per heavy atom. The smallest absolute Gasteiger partial charge is 0.238 e.